The third kappa shape index (κ3) is 5.54. The maximum absolute atomic E-state index is 11.4. The van der Waals surface area contributed by atoms with Gasteiger partial charge in [0.1, 0.15) is 0 Å². The van der Waals surface area contributed by atoms with Gasteiger partial charge in [-0.1, -0.05) is 30.3 Å². The van der Waals surface area contributed by atoms with Gasteiger partial charge in [-0.2, -0.15) is 0 Å². The maximum Gasteiger partial charge on any atom is 0.407 e. The van der Waals surface area contributed by atoms with Gasteiger partial charge in [-0.25, -0.2) is 4.79 Å². The summed E-state index contributed by atoms with van der Waals surface area (Å²) in [6.07, 6.45) is 2.75. The molecule has 4 nitrogen and oxygen atoms in total. The summed E-state index contributed by atoms with van der Waals surface area (Å²) in [4.78, 5) is 15.3. The van der Waals surface area contributed by atoms with Crippen molar-refractivity contribution in [2.75, 3.05) is 26.2 Å². The highest BCUT2D eigenvalue weighted by molar-refractivity contribution is 5.65. The number of amides is 1. The molecule has 0 unspecified atom stereocenters. The molecule has 0 saturated carbocycles. The highest BCUT2D eigenvalue weighted by atomic mass is 16.4. The second-order valence-corrected chi connectivity index (χ2v) is 7.58. The van der Waals surface area contributed by atoms with Gasteiger partial charge < -0.3 is 14.9 Å². The summed E-state index contributed by atoms with van der Waals surface area (Å²) in [7, 11) is 0. The highest BCUT2D eigenvalue weighted by Gasteiger charge is 2.27. The number of nitrogens with zero attached hydrogens (tertiary/aromatic N) is 2. The fourth-order valence-corrected chi connectivity index (χ4v) is 3.32. The zero-order chi connectivity index (χ0) is 16.9. The van der Waals surface area contributed by atoms with E-state index in [0.717, 1.165) is 32.0 Å². The smallest absolute Gasteiger partial charge is 0.407 e. The van der Waals surface area contributed by atoms with E-state index in [2.05, 4.69) is 35.2 Å². The Morgan fingerprint density at radius 3 is 2.35 bits per heavy atom. The number of likely N-dealkylation sites (tertiary alicyclic amines) is 1. The van der Waals surface area contributed by atoms with Gasteiger partial charge in [-0.15, -0.1) is 0 Å². The summed E-state index contributed by atoms with van der Waals surface area (Å²) in [5.41, 5.74) is 1.09. The van der Waals surface area contributed by atoms with Crippen molar-refractivity contribution in [1.29, 1.82) is 0 Å². The van der Waals surface area contributed by atoms with Crippen LogP contribution < -0.4 is 0 Å². The van der Waals surface area contributed by atoms with E-state index in [1.807, 2.05) is 20.8 Å². The van der Waals surface area contributed by atoms with E-state index in [0.29, 0.717) is 6.54 Å². The van der Waals surface area contributed by atoms with Gasteiger partial charge >= 0.3 is 6.09 Å². The van der Waals surface area contributed by atoms with E-state index in [9.17, 15) is 9.90 Å². The molecule has 23 heavy (non-hydrogen) atoms. The SMILES string of the molecule is CC(C)(C)N(CCN1CCC(Cc2ccccc2)CC1)C(=O)O. The van der Waals surface area contributed by atoms with Crippen molar-refractivity contribution < 1.29 is 9.90 Å². The lowest BCUT2D eigenvalue weighted by Gasteiger charge is -2.37. The van der Waals surface area contributed by atoms with Crippen LogP contribution >= 0.6 is 0 Å². The molecular formula is C19H30N2O2. The molecule has 1 aromatic rings. The van der Waals surface area contributed by atoms with Crippen LogP contribution in [-0.2, 0) is 6.42 Å². The molecule has 1 heterocycles. The van der Waals surface area contributed by atoms with Crippen LogP contribution in [0.3, 0.4) is 0 Å². The third-order valence-electron chi connectivity index (χ3n) is 4.75. The zero-order valence-corrected chi connectivity index (χ0v) is 14.7. The second kappa shape index (κ2) is 7.82. The lowest BCUT2D eigenvalue weighted by atomic mass is 9.90. The predicted molar refractivity (Wildman–Crippen MR) is 93.8 cm³/mol. The molecule has 1 amide bonds. The number of benzene rings is 1. The summed E-state index contributed by atoms with van der Waals surface area (Å²) in [6.45, 7) is 9.43. The van der Waals surface area contributed by atoms with E-state index >= 15 is 0 Å². The van der Waals surface area contributed by atoms with Gasteiger partial charge in [0, 0.05) is 18.6 Å². The Balaban J connectivity index is 1.75. The molecule has 1 saturated heterocycles. The molecular weight excluding hydrogens is 288 g/mol. The van der Waals surface area contributed by atoms with Crippen molar-refractivity contribution in [2.45, 2.75) is 45.6 Å². The first-order chi connectivity index (χ1) is 10.9. The molecule has 0 spiro atoms. The van der Waals surface area contributed by atoms with Crippen LogP contribution in [0.2, 0.25) is 0 Å². The number of rotatable bonds is 5. The van der Waals surface area contributed by atoms with E-state index in [1.54, 1.807) is 4.90 Å². The van der Waals surface area contributed by atoms with Crippen LogP contribution in [0, 0.1) is 5.92 Å². The summed E-state index contributed by atoms with van der Waals surface area (Å²) in [5, 5.41) is 9.35. The molecule has 2 rings (SSSR count). The predicted octanol–water partition coefficient (Wildman–Crippen LogP) is 3.72. The first-order valence-electron chi connectivity index (χ1n) is 8.63. The fourth-order valence-electron chi connectivity index (χ4n) is 3.32. The Morgan fingerprint density at radius 2 is 1.83 bits per heavy atom. The average molecular weight is 318 g/mol. The Hall–Kier alpha value is -1.55. The number of carboxylic acid groups (broad SMARTS) is 1. The Labute approximate surface area is 140 Å². The molecule has 1 aliphatic rings. The molecule has 1 fully saturated rings. The van der Waals surface area contributed by atoms with Gasteiger partial charge in [-0.05, 0) is 64.6 Å². The van der Waals surface area contributed by atoms with Gasteiger partial charge in [0.25, 0.3) is 0 Å². The fraction of sp³-hybridized carbons (Fsp3) is 0.632. The van der Waals surface area contributed by atoms with E-state index < -0.39 is 6.09 Å². The van der Waals surface area contributed by atoms with Crippen LogP contribution in [-0.4, -0.2) is 52.7 Å². The van der Waals surface area contributed by atoms with Crippen molar-refractivity contribution in [3.63, 3.8) is 0 Å². The summed E-state index contributed by atoms with van der Waals surface area (Å²) in [5.74, 6) is 0.756. The summed E-state index contributed by atoms with van der Waals surface area (Å²) in [6, 6.07) is 10.7. The highest BCUT2D eigenvalue weighted by Crippen LogP contribution is 2.22. The first-order valence-corrected chi connectivity index (χ1v) is 8.63. The van der Waals surface area contributed by atoms with Gasteiger partial charge in [0.15, 0.2) is 0 Å². The molecule has 128 valence electrons. The molecule has 0 aliphatic carbocycles. The minimum absolute atomic E-state index is 0.336. The molecule has 1 aliphatic heterocycles. The van der Waals surface area contributed by atoms with Crippen molar-refractivity contribution in [3.05, 3.63) is 35.9 Å². The summed E-state index contributed by atoms with van der Waals surface area (Å²) < 4.78 is 0. The van der Waals surface area contributed by atoms with Crippen molar-refractivity contribution >= 4 is 6.09 Å². The second-order valence-electron chi connectivity index (χ2n) is 7.58. The topological polar surface area (TPSA) is 43.8 Å². The van der Waals surface area contributed by atoms with E-state index in [4.69, 9.17) is 0 Å². The Bertz CT molecular complexity index is 488. The lowest BCUT2D eigenvalue weighted by Crippen LogP contribution is -2.49. The molecule has 0 atom stereocenters. The molecule has 0 bridgehead atoms. The first kappa shape index (κ1) is 17.8. The minimum atomic E-state index is -0.823. The van der Waals surface area contributed by atoms with Crippen LogP contribution in [0.25, 0.3) is 0 Å². The van der Waals surface area contributed by atoms with E-state index in [1.165, 1.54) is 18.4 Å². The molecule has 1 N–H and O–H groups in total. The number of carbonyl (C=O) groups is 1. The van der Waals surface area contributed by atoms with Crippen molar-refractivity contribution in [3.8, 4) is 0 Å². The number of piperidine rings is 1. The zero-order valence-electron chi connectivity index (χ0n) is 14.7. The molecule has 4 heteroatoms. The van der Waals surface area contributed by atoms with Gasteiger partial charge in [-0.3, -0.25) is 0 Å². The van der Waals surface area contributed by atoms with Crippen molar-refractivity contribution in [2.24, 2.45) is 5.92 Å². The van der Waals surface area contributed by atoms with Crippen LogP contribution in [0.15, 0.2) is 30.3 Å². The van der Waals surface area contributed by atoms with E-state index in [-0.39, 0.29) is 5.54 Å². The monoisotopic (exact) mass is 318 g/mol. The van der Waals surface area contributed by atoms with Crippen LogP contribution in [0.5, 0.6) is 0 Å². The molecule has 0 radical (unpaired) electrons. The minimum Gasteiger partial charge on any atom is -0.465 e. The Morgan fingerprint density at radius 1 is 1.22 bits per heavy atom. The average Bonchev–Trinajstić information content (AvgIpc) is 2.48. The van der Waals surface area contributed by atoms with Crippen molar-refractivity contribution in [1.82, 2.24) is 9.80 Å². The van der Waals surface area contributed by atoms with Crippen LogP contribution in [0.4, 0.5) is 4.79 Å². The quantitative estimate of drug-likeness (QED) is 0.900. The van der Waals surface area contributed by atoms with Crippen LogP contribution in [0.1, 0.15) is 39.2 Å². The molecule has 0 aromatic heterocycles. The van der Waals surface area contributed by atoms with Gasteiger partial charge in [0.2, 0.25) is 0 Å². The maximum atomic E-state index is 11.4. The number of hydrogen-bond donors (Lipinski definition) is 1. The Kier molecular flexibility index (Phi) is 6.05. The summed E-state index contributed by atoms with van der Waals surface area (Å²) >= 11 is 0. The largest absolute Gasteiger partial charge is 0.465 e. The lowest BCUT2D eigenvalue weighted by molar-refractivity contribution is 0.0848. The number of hydrogen-bond acceptors (Lipinski definition) is 2. The normalized spacial score (nSPS) is 17.2. The third-order valence-corrected chi connectivity index (χ3v) is 4.75. The standard InChI is InChI=1S/C19H30N2O2/c1-19(2,3)21(18(22)23)14-13-20-11-9-17(10-12-20)15-16-7-5-4-6-8-16/h4-8,17H,9-15H2,1-3H3,(H,22,23). The van der Waals surface area contributed by atoms with Gasteiger partial charge in [0.05, 0.1) is 0 Å². The molecule has 1 aromatic carbocycles.